The van der Waals surface area contributed by atoms with Gasteiger partial charge in [-0.15, -0.1) is 5.10 Å². The van der Waals surface area contributed by atoms with Gasteiger partial charge >= 0.3 is 0 Å². The monoisotopic (exact) mass is 226 g/mol. The average Bonchev–Trinajstić information content (AvgIpc) is 2.82. The molecule has 0 fully saturated rings. The zero-order valence-electron chi connectivity index (χ0n) is 8.88. The lowest BCUT2D eigenvalue weighted by Crippen LogP contribution is -1.90. The van der Waals surface area contributed by atoms with Gasteiger partial charge in [-0.2, -0.15) is 10.3 Å². The molecule has 0 saturated carbocycles. The number of hydrogen-bond acceptors (Lipinski definition) is 4. The molecule has 0 radical (unpaired) electrons. The Morgan fingerprint density at radius 1 is 1.06 bits per heavy atom. The van der Waals surface area contributed by atoms with Crippen LogP contribution in [-0.2, 0) is 0 Å². The van der Waals surface area contributed by atoms with Crippen LogP contribution in [0.25, 0.3) is 10.8 Å². The molecule has 1 aromatic heterocycles. The first kappa shape index (κ1) is 9.65. The number of benzene rings is 2. The number of H-pyrrole nitrogens is 1. The number of fused-ring (bicyclic) bond motifs is 1. The Labute approximate surface area is 97.1 Å². The van der Waals surface area contributed by atoms with Gasteiger partial charge in [-0.25, -0.2) is 0 Å². The van der Waals surface area contributed by atoms with E-state index in [1.807, 2.05) is 24.3 Å². The Hall–Kier alpha value is -2.56. The molecule has 1 heterocycles. The van der Waals surface area contributed by atoms with Crippen molar-refractivity contribution in [2.75, 3.05) is 5.32 Å². The van der Waals surface area contributed by atoms with Crippen molar-refractivity contribution in [1.29, 1.82) is 0 Å². The van der Waals surface area contributed by atoms with Gasteiger partial charge in [0.1, 0.15) is 5.75 Å². The minimum atomic E-state index is 0.273. The molecule has 17 heavy (non-hydrogen) atoms. The number of aromatic hydroxyl groups is 1. The summed E-state index contributed by atoms with van der Waals surface area (Å²) in [5.41, 5.74) is 0.928. The van der Waals surface area contributed by atoms with Crippen LogP contribution in [0.15, 0.2) is 42.6 Å². The van der Waals surface area contributed by atoms with Crippen molar-refractivity contribution in [2.45, 2.75) is 0 Å². The quantitative estimate of drug-likeness (QED) is 0.627. The van der Waals surface area contributed by atoms with Gasteiger partial charge in [-0.3, -0.25) is 0 Å². The van der Waals surface area contributed by atoms with Crippen LogP contribution in [-0.4, -0.2) is 20.5 Å². The molecular weight excluding hydrogens is 216 g/mol. The van der Waals surface area contributed by atoms with Crippen molar-refractivity contribution in [1.82, 2.24) is 15.4 Å². The van der Waals surface area contributed by atoms with Crippen LogP contribution in [0.1, 0.15) is 0 Å². The predicted octanol–water partition coefficient (Wildman–Crippen LogP) is 2.41. The van der Waals surface area contributed by atoms with Gasteiger partial charge in [0, 0.05) is 5.69 Å². The molecule has 0 atom stereocenters. The smallest absolute Gasteiger partial charge is 0.172 e. The van der Waals surface area contributed by atoms with Crippen LogP contribution in [0.4, 0.5) is 11.5 Å². The number of aromatic amines is 1. The highest BCUT2D eigenvalue weighted by atomic mass is 16.3. The summed E-state index contributed by atoms with van der Waals surface area (Å²) in [5, 5.41) is 24.7. The maximum absolute atomic E-state index is 9.37. The number of nitrogens with one attached hydrogen (secondary N) is 2. The summed E-state index contributed by atoms with van der Waals surface area (Å²) in [6.07, 6.45) is 1.61. The maximum atomic E-state index is 9.37. The lowest BCUT2D eigenvalue weighted by molar-refractivity contribution is 0.476. The highest BCUT2D eigenvalue weighted by Gasteiger charge is 1.99. The fourth-order valence-corrected chi connectivity index (χ4v) is 1.72. The summed E-state index contributed by atoms with van der Waals surface area (Å²) in [7, 11) is 0. The van der Waals surface area contributed by atoms with E-state index in [0.29, 0.717) is 5.82 Å². The van der Waals surface area contributed by atoms with Crippen molar-refractivity contribution in [3.05, 3.63) is 42.6 Å². The zero-order chi connectivity index (χ0) is 11.7. The van der Waals surface area contributed by atoms with Crippen LogP contribution in [0.2, 0.25) is 0 Å². The maximum Gasteiger partial charge on any atom is 0.172 e. The molecule has 0 amide bonds. The molecular formula is C12H10N4O. The molecule has 0 spiro atoms. The molecule has 0 aliphatic heterocycles. The topological polar surface area (TPSA) is 73.8 Å². The van der Waals surface area contributed by atoms with E-state index < -0.39 is 0 Å². The van der Waals surface area contributed by atoms with Crippen LogP contribution in [0.5, 0.6) is 5.75 Å². The van der Waals surface area contributed by atoms with E-state index in [9.17, 15) is 5.11 Å². The lowest BCUT2D eigenvalue weighted by atomic mass is 10.1. The highest BCUT2D eigenvalue weighted by Crippen LogP contribution is 2.24. The molecule has 5 heteroatoms. The highest BCUT2D eigenvalue weighted by molar-refractivity contribution is 5.87. The Balaban J connectivity index is 1.99. The molecule has 0 saturated heterocycles. The van der Waals surface area contributed by atoms with E-state index in [4.69, 9.17) is 0 Å². The van der Waals surface area contributed by atoms with Gasteiger partial charge in [0.05, 0.1) is 6.20 Å². The first-order valence-electron chi connectivity index (χ1n) is 5.17. The van der Waals surface area contributed by atoms with Gasteiger partial charge in [0.25, 0.3) is 0 Å². The predicted molar refractivity (Wildman–Crippen MR) is 65.3 cm³/mol. The van der Waals surface area contributed by atoms with Crippen LogP contribution in [0.3, 0.4) is 0 Å². The summed E-state index contributed by atoms with van der Waals surface area (Å²) < 4.78 is 0. The molecule has 0 aliphatic carbocycles. The van der Waals surface area contributed by atoms with E-state index in [-0.39, 0.29) is 5.75 Å². The van der Waals surface area contributed by atoms with E-state index >= 15 is 0 Å². The number of aromatic nitrogens is 3. The summed E-state index contributed by atoms with van der Waals surface area (Å²) in [4.78, 5) is 0. The Morgan fingerprint density at radius 3 is 2.71 bits per heavy atom. The zero-order valence-corrected chi connectivity index (χ0v) is 8.88. The molecule has 2 aromatic carbocycles. The van der Waals surface area contributed by atoms with Gasteiger partial charge in [-0.05, 0) is 35.0 Å². The average molecular weight is 226 g/mol. The Kier molecular flexibility index (Phi) is 2.15. The lowest BCUT2D eigenvalue weighted by Gasteiger charge is -2.04. The van der Waals surface area contributed by atoms with E-state index in [1.54, 1.807) is 18.3 Å². The first-order chi connectivity index (χ1) is 8.31. The Morgan fingerprint density at radius 2 is 1.88 bits per heavy atom. The minimum absolute atomic E-state index is 0.273. The fourth-order valence-electron chi connectivity index (χ4n) is 1.72. The van der Waals surface area contributed by atoms with Gasteiger partial charge in [0.2, 0.25) is 0 Å². The second-order valence-corrected chi connectivity index (χ2v) is 3.73. The second kappa shape index (κ2) is 3.79. The van der Waals surface area contributed by atoms with Gasteiger partial charge in [0.15, 0.2) is 5.82 Å². The summed E-state index contributed by atoms with van der Waals surface area (Å²) in [6, 6.07) is 11.1. The van der Waals surface area contributed by atoms with E-state index in [0.717, 1.165) is 16.5 Å². The molecule has 0 bridgehead atoms. The first-order valence-corrected chi connectivity index (χ1v) is 5.17. The number of hydrogen-bond donors (Lipinski definition) is 3. The van der Waals surface area contributed by atoms with Crippen LogP contribution in [0, 0.1) is 0 Å². The van der Waals surface area contributed by atoms with Crippen molar-refractivity contribution in [2.24, 2.45) is 0 Å². The molecule has 84 valence electrons. The van der Waals surface area contributed by atoms with Crippen molar-refractivity contribution >= 4 is 22.3 Å². The van der Waals surface area contributed by atoms with Gasteiger partial charge < -0.3 is 10.4 Å². The molecule has 3 aromatic rings. The van der Waals surface area contributed by atoms with Crippen molar-refractivity contribution < 1.29 is 5.11 Å². The third kappa shape index (κ3) is 1.90. The largest absolute Gasteiger partial charge is 0.508 e. The number of phenols is 1. The summed E-state index contributed by atoms with van der Waals surface area (Å²) in [5.74, 6) is 0.942. The number of nitrogens with zero attached hydrogens (tertiary/aromatic N) is 2. The molecule has 0 aliphatic rings. The van der Waals surface area contributed by atoms with E-state index in [1.165, 1.54) is 0 Å². The second-order valence-electron chi connectivity index (χ2n) is 3.73. The molecule has 3 rings (SSSR count). The SMILES string of the molecule is Oc1ccc2cc(Nc3cn[nH]n3)ccc2c1. The molecule has 5 nitrogen and oxygen atoms in total. The van der Waals surface area contributed by atoms with Gasteiger partial charge in [-0.1, -0.05) is 12.1 Å². The van der Waals surface area contributed by atoms with E-state index in [2.05, 4.69) is 20.7 Å². The number of anilines is 2. The number of phenolic OH excluding ortho intramolecular Hbond substituents is 1. The number of rotatable bonds is 2. The third-order valence-corrected chi connectivity index (χ3v) is 2.51. The van der Waals surface area contributed by atoms with Crippen LogP contribution >= 0.6 is 0 Å². The molecule has 3 N–H and O–H groups in total. The van der Waals surface area contributed by atoms with Crippen molar-refractivity contribution in [3.8, 4) is 5.75 Å². The third-order valence-electron chi connectivity index (χ3n) is 2.51. The normalized spacial score (nSPS) is 10.6. The van der Waals surface area contributed by atoms with Crippen LogP contribution < -0.4 is 5.32 Å². The standard InChI is InChI=1S/C12H10N4O/c17-11-4-2-8-5-10(3-1-9(8)6-11)14-12-7-13-16-15-12/h1-7,17H,(H2,13,14,15,16). The minimum Gasteiger partial charge on any atom is -0.508 e. The fraction of sp³-hybridized carbons (Fsp3) is 0. The summed E-state index contributed by atoms with van der Waals surface area (Å²) >= 11 is 0. The summed E-state index contributed by atoms with van der Waals surface area (Å²) in [6.45, 7) is 0. The Bertz CT molecular complexity index is 649. The van der Waals surface area contributed by atoms with Crippen molar-refractivity contribution in [3.63, 3.8) is 0 Å². The molecule has 0 unspecified atom stereocenters.